The number of carbonyl (C=O) groups excluding carboxylic acids is 1. The molecule has 1 aromatic heterocycles. The van der Waals surface area contributed by atoms with E-state index in [-0.39, 0.29) is 17.6 Å². The smallest absolute Gasteiger partial charge is 0.344 e. The van der Waals surface area contributed by atoms with Crippen LogP contribution in [-0.2, 0) is 11.3 Å². The van der Waals surface area contributed by atoms with Crippen LogP contribution in [0, 0.1) is 3.57 Å². The zero-order valence-corrected chi connectivity index (χ0v) is 16.2. The molecule has 23 heavy (non-hydrogen) atoms. The highest BCUT2D eigenvalue weighted by Crippen LogP contribution is 2.30. The monoisotopic (exact) mass is 465 g/mol. The maximum atomic E-state index is 12.5. The first-order valence-corrected chi connectivity index (χ1v) is 8.79. The second-order valence-corrected chi connectivity index (χ2v) is 6.64. The molecule has 2 aromatic rings. The third-order valence-corrected chi connectivity index (χ3v) is 4.76. The van der Waals surface area contributed by atoms with Crippen molar-refractivity contribution in [2.75, 3.05) is 6.61 Å². The van der Waals surface area contributed by atoms with Crippen molar-refractivity contribution < 1.29 is 9.53 Å². The minimum atomic E-state index is -0.640. The molecule has 0 unspecified atom stereocenters. The van der Waals surface area contributed by atoms with Crippen LogP contribution in [0.1, 0.15) is 24.2 Å². The molecule has 1 heterocycles. The van der Waals surface area contributed by atoms with Crippen molar-refractivity contribution in [1.82, 2.24) is 4.57 Å². The molecule has 0 spiro atoms. The molecular formula is C16H14Cl2INO3. The van der Waals surface area contributed by atoms with Gasteiger partial charge in [0, 0.05) is 18.3 Å². The van der Waals surface area contributed by atoms with Crippen LogP contribution in [0.2, 0.25) is 10.0 Å². The van der Waals surface area contributed by atoms with Gasteiger partial charge in [-0.15, -0.1) is 0 Å². The summed E-state index contributed by atoms with van der Waals surface area (Å²) < 4.78 is 7.35. The molecule has 0 saturated carbocycles. The minimum absolute atomic E-state index is 0.0130. The van der Waals surface area contributed by atoms with Gasteiger partial charge in [-0.25, -0.2) is 4.79 Å². The van der Waals surface area contributed by atoms with Gasteiger partial charge >= 0.3 is 5.97 Å². The number of hydrogen-bond donors (Lipinski definition) is 0. The van der Waals surface area contributed by atoms with Gasteiger partial charge in [-0.05, 0) is 48.6 Å². The normalized spacial score (nSPS) is 10.7. The van der Waals surface area contributed by atoms with Crippen LogP contribution < -0.4 is 5.43 Å². The van der Waals surface area contributed by atoms with Crippen molar-refractivity contribution in [2.45, 2.75) is 20.4 Å². The highest BCUT2D eigenvalue weighted by atomic mass is 127. The van der Waals surface area contributed by atoms with Gasteiger partial charge in [0.2, 0.25) is 5.43 Å². The summed E-state index contributed by atoms with van der Waals surface area (Å²) in [6.45, 7) is 4.40. The number of aromatic nitrogens is 1. The van der Waals surface area contributed by atoms with Gasteiger partial charge in [-0.2, -0.15) is 0 Å². The molecule has 0 fully saturated rings. The van der Waals surface area contributed by atoms with E-state index in [4.69, 9.17) is 27.9 Å². The summed E-state index contributed by atoms with van der Waals surface area (Å²) in [4.78, 5) is 24.9. The van der Waals surface area contributed by atoms with Crippen molar-refractivity contribution in [1.29, 1.82) is 0 Å². The second kappa shape index (κ2) is 7.68. The first kappa shape index (κ1) is 18.3. The largest absolute Gasteiger partial charge is 0.462 e. The fourth-order valence-electron chi connectivity index (χ4n) is 2.23. The number of aryl methyl sites for hydroxylation is 1. The maximum Gasteiger partial charge on any atom is 0.344 e. The average molecular weight is 466 g/mol. The third kappa shape index (κ3) is 3.72. The van der Waals surface area contributed by atoms with E-state index >= 15 is 0 Å². The Kier molecular flexibility index (Phi) is 6.11. The second-order valence-electron chi connectivity index (χ2n) is 4.67. The number of halogens is 3. The summed E-state index contributed by atoms with van der Waals surface area (Å²) in [7, 11) is 0. The minimum Gasteiger partial charge on any atom is -0.462 e. The van der Waals surface area contributed by atoms with Crippen LogP contribution in [0.15, 0.2) is 29.2 Å². The van der Waals surface area contributed by atoms with Gasteiger partial charge in [-0.1, -0.05) is 29.3 Å². The molecule has 0 saturated heterocycles. The highest BCUT2D eigenvalue weighted by molar-refractivity contribution is 14.1. The van der Waals surface area contributed by atoms with Gasteiger partial charge < -0.3 is 9.30 Å². The number of pyridine rings is 1. The molecule has 0 aliphatic heterocycles. The number of carbonyl (C=O) groups is 1. The Morgan fingerprint density at radius 3 is 2.52 bits per heavy atom. The number of nitrogens with zero attached hydrogens (tertiary/aromatic N) is 1. The Balaban J connectivity index is 2.83. The van der Waals surface area contributed by atoms with Gasteiger partial charge in [-0.3, -0.25) is 4.79 Å². The summed E-state index contributed by atoms with van der Waals surface area (Å²) >= 11 is 14.0. The SMILES string of the molecule is CCOC(=O)c1c(-c2ccc(Cl)c(Cl)c2)n(CC)cc(I)c1=O. The molecule has 122 valence electrons. The standard InChI is InChI=1S/C16H14Cl2INO3/c1-3-20-8-12(19)15(21)13(16(22)23-4-2)14(20)9-5-6-10(17)11(18)7-9/h5-8H,3-4H2,1-2H3. The van der Waals surface area contributed by atoms with E-state index in [0.717, 1.165) is 0 Å². The van der Waals surface area contributed by atoms with Crippen LogP contribution in [0.3, 0.4) is 0 Å². The van der Waals surface area contributed by atoms with Crippen molar-refractivity contribution >= 4 is 51.8 Å². The molecule has 1 aromatic carbocycles. The van der Waals surface area contributed by atoms with E-state index in [1.54, 1.807) is 31.3 Å². The molecule has 0 aliphatic rings. The van der Waals surface area contributed by atoms with E-state index in [9.17, 15) is 9.59 Å². The summed E-state index contributed by atoms with van der Waals surface area (Å²) in [6, 6.07) is 5.00. The Morgan fingerprint density at radius 1 is 1.26 bits per heavy atom. The Labute approximate surface area is 157 Å². The van der Waals surface area contributed by atoms with Gasteiger partial charge in [0.05, 0.1) is 25.9 Å². The first-order valence-electron chi connectivity index (χ1n) is 6.96. The van der Waals surface area contributed by atoms with E-state index in [1.807, 2.05) is 34.1 Å². The zero-order valence-electron chi connectivity index (χ0n) is 12.5. The van der Waals surface area contributed by atoms with Crippen molar-refractivity contribution in [3.63, 3.8) is 0 Å². The summed E-state index contributed by atoms with van der Waals surface area (Å²) in [5.74, 6) is -0.640. The Hall–Kier alpha value is -1.05. The predicted molar refractivity (Wildman–Crippen MR) is 101 cm³/mol. The Morgan fingerprint density at radius 2 is 1.96 bits per heavy atom. The van der Waals surface area contributed by atoms with Crippen molar-refractivity contribution in [2.24, 2.45) is 0 Å². The molecule has 0 radical (unpaired) electrons. The number of esters is 1. The number of ether oxygens (including phenoxy) is 1. The summed E-state index contributed by atoms with van der Waals surface area (Å²) in [6.07, 6.45) is 1.71. The number of rotatable bonds is 4. The lowest BCUT2D eigenvalue weighted by Crippen LogP contribution is -2.24. The quantitative estimate of drug-likeness (QED) is 0.488. The van der Waals surface area contributed by atoms with Crippen molar-refractivity contribution in [3.8, 4) is 11.3 Å². The molecular weight excluding hydrogens is 452 g/mol. The Bertz CT molecular complexity index is 818. The first-order chi connectivity index (χ1) is 10.9. The lowest BCUT2D eigenvalue weighted by Gasteiger charge is -2.17. The van der Waals surface area contributed by atoms with Gasteiger partial charge in [0.15, 0.2) is 0 Å². The highest BCUT2D eigenvalue weighted by Gasteiger charge is 2.23. The van der Waals surface area contributed by atoms with Crippen molar-refractivity contribution in [3.05, 3.63) is 53.8 Å². The van der Waals surface area contributed by atoms with Gasteiger partial charge in [0.25, 0.3) is 0 Å². The molecule has 7 heteroatoms. The molecule has 0 N–H and O–H groups in total. The van der Waals surface area contributed by atoms with Gasteiger partial charge in [0.1, 0.15) is 5.56 Å². The molecule has 4 nitrogen and oxygen atoms in total. The molecule has 0 bridgehead atoms. The average Bonchev–Trinajstić information content (AvgIpc) is 2.52. The topological polar surface area (TPSA) is 48.3 Å². The lowest BCUT2D eigenvalue weighted by atomic mass is 10.0. The van der Waals surface area contributed by atoms with E-state index in [0.29, 0.717) is 31.4 Å². The van der Waals surface area contributed by atoms with Crippen LogP contribution >= 0.6 is 45.8 Å². The molecule has 0 amide bonds. The summed E-state index contributed by atoms with van der Waals surface area (Å²) in [5, 5.41) is 0.761. The molecule has 0 aliphatic carbocycles. The predicted octanol–water partition coefficient (Wildman–Crippen LogP) is 4.62. The molecule has 2 rings (SSSR count). The van der Waals surface area contributed by atoms with E-state index < -0.39 is 5.97 Å². The summed E-state index contributed by atoms with van der Waals surface area (Å²) in [5.41, 5.74) is 0.779. The molecule has 0 atom stereocenters. The van der Waals surface area contributed by atoms with E-state index in [2.05, 4.69) is 0 Å². The van der Waals surface area contributed by atoms with E-state index in [1.165, 1.54) is 0 Å². The number of benzene rings is 1. The maximum absolute atomic E-state index is 12.5. The third-order valence-electron chi connectivity index (χ3n) is 3.25. The van der Waals surface area contributed by atoms with Crippen LogP contribution in [-0.4, -0.2) is 17.1 Å². The van der Waals surface area contributed by atoms with Crippen LogP contribution in [0.25, 0.3) is 11.3 Å². The fourth-order valence-corrected chi connectivity index (χ4v) is 3.13. The van der Waals surface area contributed by atoms with Crippen LogP contribution in [0.5, 0.6) is 0 Å². The number of hydrogen-bond acceptors (Lipinski definition) is 3. The lowest BCUT2D eigenvalue weighted by molar-refractivity contribution is 0.0525. The zero-order chi connectivity index (χ0) is 17.1. The fraction of sp³-hybridized carbons (Fsp3) is 0.250. The van der Waals surface area contributed by atoms with Crippen LogP contribution in [0.4, 0.5) is 0 Å².